The van der Waals surface area contributed by atoms with E-state index in [2.05, 4.69) is 0 Å². The van der Waals surface area contributed by atoms with Gasteiger partial charge in [-0.1, -0.05) is 11.6 Å². The van der Waals surface area contributed by atoms with Crippen molar-refractivity contribution in [2.75, 3.05) is 5.73 Å². The van der Waals surface area contributed by atoms with Gasteiger partial charge in [0.2, 0.25) is 0 Å². The monoisotopic (exact) mass is 220 g/mol. The Bertz CT molecular complexity index is 406. The molecule has 0 unspecified atom stereocenters. The summed E-state index contributed by atoms with van der Waals surface area (Å²) in [5, 5.41) is 8.47. The van der Waals surface area contributed by atoms with Crippen molar-refractivity contribution >= 4 is 17.3 Å². The first-order valence-electron chi connectivity index (χ1n) is 3.42. The van der Waals surface area contributed by atoms with Crippen LogP contribution in [0.4, 0.5) is 18.9 Å². The number of anilines is 1. The van der Waals surface area contributed by atoms with E-state index in [1.54, 1.807) is 0 Å². The molecule has 0 saturated heterocycles. The van der Waals surface area contributed by atoms with E-state index in [1.807, 2.05) is 0 Å². The predicted molar refractivity (Wildman–Crippen MR) is 45.6 cm³/mol. The van der Waals surface area contributed by atoms with Gasteiger partial charge in [0.05, 0.1) is 17.2 Å². The van der Waals surface area contributed by atoms with Crippen LogP contribution in [0.2, 0.25) is 5.02 Å². The molecule has 0 aliphatic rings. The molecule has 0 aliphatic carbocycles. The van der Waals surface area contributed by atoms with E-state index in [1.165, 1.54) is 6.07 Å². The second-order valence-electron chi connectivity index (χ2n) is 2.53. The van der Waals surface area contributed by atoms with Crippen LogP contribution in [0, 0.1) is 11.3 Å². The summed E-state index contributed by atoms with van der Waals surface area (Å²) in [6.45, 7) is 0. The quantitative estimate of drug-likeness (QED) is 0.684. The van der Waals surface area contributed by atoms with Crippen molar-refractivity contribution in [1.82, 2.24) is 0 Å². The Morgan fingerprint density at radius 3 is 2.36 bits per heavy atom. The molecule has 14 heavy (non-hydrogen) atoms. The van der Waals surface area contributed by atoms with Gasteiger partial charge in [0.25, 0.3) is 0 Å². The lowest BCUT2D eigenvalue weighted by Gasteiger charge is -2.11. The molecule has 2 N–H and O–H groups in total. The van der Waals surface area contributed by atoms with Gasteiger partial charge in [-0.15, -0.1) is 0 Å². The molecule has 74 valence electrons. The van der Waals surface area contributed by atoms with Gasteiger partial charge in [0, 0.05) is 10.7 Å². The third kappa shape index (κ3) is 1.91. The summed E-state index contributed by atoms with van der Waals surface area (Å²) in [7, 11) is 0. The Labute approximate surface area is 82.7 Å². The molecule has 0 amide bonds. The van der Waals surface area contributed by atoms with Gasteiger partial charge in [0.15, 0.2) is 0 Å². The summed E-state index contributed by atoms with van der Waals surface area (Å²) < 4.78 is 37.1. The summed E-state index contributed by atoms with van der Waals surface area (Å²) in [5.41, 5.74) is 2.89. The summed E-state index contributed by atoms with van der Waals surface area (Å²) in [4.78, 5) is 0. The van der Waals surface area contributed by atoms with Gasteiger partial charge in [-0.2, -0.15) is 18.4 Å². The Balaban J connectivity index is 3.51. The summed E-state index contributed by atoms with van der Waals surface area (Å²) in [6.07, 6.45) is -4.64. The fraction of sp³-hybridized carbons (Fsp3) is 0.125. The zero-order valence-electron chi connectivity index (χ0n) is 6.69. The second-order valence-corrected chi connectivity index (χ2v) is 2.96. The van der Waals surface area contributed by atoms with Crippen LogP contribution < -0.4 is 5.73 Å². The molecule has 1 rings (SSSR count). The molecule has 0 aliphatic heterocycles. The van der Waals surface area contributed by atoms with Crippen molar-refractivity contribution in [3.05, 3.63) is 28.3 Å². The van der Waals surface area contributed by atoms with Gasteiger partial charge < -0.3 is 5.73 Å². The van der Waals surface area contributed by atoms with Crippen molar-refractivity contribution in [2.45, 2.75) is 6.18 Å². The number of nitriles is 1. The van der Waals surface area contributed by atoms with Crippen LogP contribution in [0.5, 0.6) is 0 Å². The molecule has 1 aromatic rings. The molecule has 0 aromatic heterocycles. The molecule has 1 aromatic carbocycles. The normalized spacial score (nSPS) is 11.1. The van der Waals surface area contributed by atoms with Crippen molar-refractivity contribution < 1.29 is 13.2 Å². The van der Waals surface area contributed by atoms with Crippen LogP contribution in [0.1, 0.15) is 11.1 Å². The van der Waals surface area contributed by atoms with E-state index in [0.717, 1.165) is 12.1 Å². The SMILES string of the molecule is N#Cc1cc(Cl)cc(N)c1C(F)(F)F. The topological polar surface area (TPSA) is 49.8 Å². The highest BCUT2D eigenvalue weighted by molar-refractivity contribution is 6.31. The summed E-state index contributed by atoms with van der Waals surface area (Å²) in [6, 6.07) is 3.29. The number of benzene rings is 1. The summed E-state index contributed by atoms with van der Waals surface area (Å²) >= 11 is 5.45. The maximum absolute atomic E-state index is 12.4. The van der Waals surface area contributed by atoms with Crippen LogP contribution >= 0.6 is 11.6 Å². The van der Waals surface area contributed by atoms with Gasteiger partial charge in [-0.05, 0) is 12.1 Å². The van der Waals surface area contributed by atoms with E-state index < -0.39 is 23.0 Å². The van der Waals surface area contributed by atoms with Crippen LogP contribution in [0.3, 0.4) is 0 Å². The summed E-state index contributed by atoms with van der Waals surface area (Å²) in [5.74, 6) is 0. The van der Waals surface area contributed by atoms with E-state index in [9.17, 15) is 13.2 Å². The van der Waals surface area contributed by atoms with Gasteiger partial charge >= 0.3 is 6.18 Å². The number of alkyl halides is 3. The van der Waals surface area contributed by atoms with Crippen molar-refractivity contribution in [2.24, 2.45) is 0 Å². The molecule has 0 radical (unpaired) electrons. The lowest BCUT2D eigenvalue weighted by molar-refractivity contribution is -0.137. The van der Waals surface area contributed by atoms with Crippen LogP contribution in [0.25, 0.3) is 0 Å². The molecular weight excluding hydrogens is 217 g/mol. The van der Waals surface area contributed by atoms with Crippen molar-refractivity contribution in [3.63, 3.8) is 0 Å². The first kappa shape index (κ1) is 10.7. The maximum Gasteiger partial charge on any atom is 0.419 e. The fourth-order valence-electron chi connectivity index (χ4n) is 1.03. The van der Waals surface area contributed by atoms with E-state index in [4.69, 9.17) is 22.6 Å². The largest absolute Gasteiger partial charge is 0.419 e. The Kier molecular flexibility index (Phi) is 2.58. The third-order valence-corrected chi connectivity index (χ3v) is 1.76. The highest BCUT2D eigenvalue weighted by Gasteiger charge is 2.36. The smallest absolute Gasteiger partial charge is 0.398 e. The molecule has 2 nitrogen and oxygen atoms in total. The molecule has 6 heteroatoms. The lowest BCUT2D eigenvalue weighted by atomic mass is 10.1. The number of nitrogens with zero attached hydrogens (tertiary/aromatic N) is 1. The number of nitrogens with two attached hydrogens (primary N) is 1. The van der Waals surface area contributed by atoms with Gasteiger partial charge in [0.1, 0.15) is 0 Å². The third-order valence-electron chi connectivity index (χ3n) is 1.54. The zero-order chi connectivity index (χ0) is 10.9. The molecule has 0 bridgehead atoms. The van der Waals surface area contributed by atoms with Gasteiger partial charge in [-0.3, -0.25) is 0 Å². The van der Waals surface area contributed by atoms with Crippen LogP contribution in [-0.4, -0.2) is 0 Å². The number of nitrogen functional groups attached to an aromatic ring is 1. The predicted octanol–water partition coefficient (Wildman–Crippen LogP) is 2.81. The van der Waals surface area contributed by atoms with E-state index >= 15 is 0 Å². The highest BCUT2D eigenvalue weighted by atomic mass is 35.5. The minimum atomic E-state index is -4.64. The Hall–Kier alpha value is -1.41. The van der Waals surface area contributed by atoms with Crippen LogP contribution in [0.15, 0.2) is 12.1 Å². The van der Waals surface area contributed by atoms with Crippen molar-refractivity contribution in [1.29, 1.82) is 5.26 Å². The Morgan fingerprint density at radius 2 is 1.93 bits per heavy atom. The fourth-order valence-corrected chi connectivity index (χ4v) is 1.26. The van der Waals surface area contributed by atoms with E-state index in [0.29, 0.717) is 0 Å². The second kappa shape index (κ2) is 3.39. The number of halogens is 4. The average molecular weight is 221 g/mol. The van der Waals surface area contributed by atoms with Gasteiger partial charge in [-0.25, -0.2) is 0 Å². The number of rotatable bonds is 0. The van der Waals surface area contributed by atoms with E-state index in [-0.39, 0.29) is 5.02 Å². The lowest BCUT2D eigenvalue weighted by Crippen LogP contribution is -2.11. The minimum absolute atomic E-state index is 0.00653. The molecule has 0 saturated carbocycles. The van der Waals surface area contributed by atoms with Crippen molar-refractivity contribution in [3.8, 4) is 6.07 Å². The number of hydrogen-bond acceptors (Lipinski definition) is 2. The molecule has 0 heterocycles. The number of hydrogen-bond donors (Lipinski definition) is 1. The van der Waals surface area contributed by atoms with Crippen LogP contribution in [-0.2, 0) is 6.18 Å². The standard InChI is InChI=1S/C8H4ClF3N2/c9-5-1-4(3-13)7(6(14)2-5)8(10,11)12/h1-2H,14H2. The first-order chi connectivity index (χ1) is 6.36. The maximum atomic E-state index is 12.4. The Morgan fingerprint density at radius 1 is 1.36 bits per heavy atom. The molecule has 0 fully saturated rings. The highest BCUT2D eigenvalue weighted by Crippen LogP contribution is 2.37. The zero-order valence-corrected chi connectivity index (χ0v) is 7.45. The first-order valence-corrected chi connectivity index (χ1v) is 3.80. The molecule has 0 atom stereocenters. The minimum Gasteiger partial charge on any atom is -0.398 e. The molecular formula is C8H4ClF3N2. The average Bonchev–Trinajstić information content (AvgIpc) is 1.99. The molecule has 0 spiro atoms.